The van der Waals surface area contributed by atoms with Crippen LogP contribution in [0.3, 0.4) is 0 Å². The highest BCUT2D eigenvalue weighted by Crippen LogP contribution is 2.47. The Kier molecular flexibility index (Phi) is 2.30. The van der Waals surface area contributed by atoms with Crippen molar-refractivity contribution >= 4 is 33.9 Å². The molecule has 0 atom stereocenters. The molecule has 0 spiro atoms. The van der Waals surface area contributed by atoms with Gasteiger partial charge in [-0.1, -0.05) is 12.1 Å². The van der Waals surface area contributed by atoms with E-state index in [0.29, 0.717) is 15.8 Å². The molecule has 0 saturated carbocycles. The van der Waals surface area contributed by atoms with E-state index in [1.807, 2.05) is 6.07 Å². The Bertz CT molecular complexity index is 624. The molecule has 0 aliphatic carbocycles. The van der Waals surface area contributed by atoms with Crippen molar-refractivity contribution in [1.29, 1.82) is 0 Å². The Morgan fingerprint density at radius 3 is 3.06 bits per heavy atom. The molecular formula is C10H7N3O2S2. The number of nitrogens with two attached hydrogens (primary N) is 1. The first-order valence-electron chi connectivity index (χ1n) is 4.82. The fourth-order valence-electron chi connectivity index (χ4n) is 1.82. The van der Waals surface area contributed by atoms with E-state index in [1.54, 1.807) is 6.07 Å². The van der Waals surface area contributed by atoms with E-state index < -0.39 is 0 Å². The monoisotopic (exact) mass is 265 g/mol. The van der Waals surface area contributed by atoms with Crippen molar-refractivity contribution in [3.63, 3.8) is 0 Å². The average Bonchev–Trinajstić information content (AvgIpc) is 2.68. The number of benzene rings is 1. The molecule has 0 radical (unpaired) electrons. The van der Waals surface area contributed by atoms with Gasteiger partial charge >= 0.3 is 0 Å². The van der Waals surface area contributed by atoms with Gasteiger partial charge in [-0.2, -0.15) is 0 Å². The number of hydrogen-bond donors (Lipinski definition) is 1. The second kappa shape index (κ2) is 3.71. The number of nitro benzene ring substituents is 1. The van der Waals surface area contributed by atoms with E-state index >= 15 is 0 Å². The van der Waals surface area contributed by atoms with Gasteiger partial charge in [-0.3, -0.25) is 10.1 Å². The summed E-state index contributed by atoms with van der Waals surface area (Å²) in [5.41, 5.74) is 7.44. The van der Waals surface area contributed by atoms with Crippen LogP contribution in [0.25, 0.3) is 11.3 Å². The molecule has 0 fully saturated rings. The normalized spacial score (nSPS) is 12.9. The Morgan fingerprint density at radius 2 is 2.29 bits per heavy atom. The zero-order chi connectivity index (χ0) is 12.0. The van der Waals surface area contributed by atoms with Crippen molar-refractivity contribution in [2.24, 2.45) is 0 Å². The van der Waals surface area contributed by atoms with Crippen molar-refractivity contribution in [3.05, 3.63) is 33.2 Å². The molecule has 2 heterocycles. The number of nitro groups is 1. The molecule has 3 rings (SSSR count). The maximum Gasteiger partial charge on any atom is 0.283 e. The quantitative estimate of drug-likeness (QED) is 0.633. The summed E-state index contributed by atoms with van der Waals surface area (Å²) in [5.74, 6) is 0.696. The molecular weight excluding hydrogens is 258 g/mol. The third-order valence-electron chi connectivity index (χ3n) is 2.51. The summed E-state index contributed by atoms with van der Waals surface area (Å²) in [5, 5.41) is 11.4. The number of anilines is 1. The molecule has 7 heteroatoms. The molecule has 2 N–H and O–H groups in total. The van der Waals surface area contributed by atoms with Gasteiger partial charge in [-0.15, -0.1) is 23.1 Å². The molecule has 1 aliphatic rings. The van der Waals surface area contributed by atoms with Crippen LogP contribution in [0.2, 0.25) is 0 Å². The summed E-state index contributed by atoms with van der Waals surface area (Å²) < 4.78 is 0. The standard InChI is InChI=1S/C10H7N3O2S2/c11-10-12-8-5-2-1-3-6(13(14)15)9(5)16-4-7(8)17-10/h1-3H,4H2,(H2,11,12). The lowest BCUT2D eigenvalue weighted by molar-refractivity contribution is -0.387. The first-order chi connectivity index (χ1) is 8.16. The maximum absolute atomic E-state index is 10.9. The van der Waals surface area contributed by atoms with Crippen LogP contribution in [0.4, 0.5) is 10.8 Å². The number of nitrogen functional groups attached to an aromatic ring is 1. The maximum atomic E-state index is 10.9. The molecule has 5 nitrogen and oxygen atoms in total. The largest absolute Gasteiger partial charge is 0.375 e. The SMILES string of the molecule is Nc1nc2c(s1)CSc1c-2cccc1[N+](=O)[O-]. The Hall–Kier alpha value is -1.60. The average molecular weight is 265 g/mol. The van der Waals surface area contributed by atoms with E-state index in [0.717, 1.165) is 16.1 Å². The van der Waals surface area contributed by atoms with E-state index in [9.17, 15) is 10.1 Å². The van der Waals surface area contributed by atoms with Gasteiger partial charge in [0.05, 0.1) is 15.5 Å². The summed E-state index contributed by atoms with van der Waals surface area (Å²) in [6, 6.07) is 5.06. The van der Waals surface area contributed by atoms with E-state index in [1.165, 1.54) is 29.2 Å². The molecule has 0 saturated heterocycles. The smallest absolute Gasteiger partial charge is 0.283 e. The number of hydrogen-bond acceptors (Lipinski definition) is 6. The third-order valence-corrected chi connectivity index (χ3v) is 4.73. The van der Waals surface area contributed by atoms with Crippen molar-refractivity contribution < 1.29 is 4.92 Å². The van der Waals surface area contributed by atoms with Crippen LogP contribution >= 0.6 is 23.1 Å². The second-order valence-corrected chi connectivity index (χ2v) is 5.62. The van der Waals surface area contributed by atoms with Gasteiger partial charge < -0.3 is 5.73 Å². The minimum atomic E-state index is -0.355. The number of nitrogens with zero attached hydrogens (tertiary/aromatic N) is 2. The number of aromatic nitrogens is 1. The highest BCUT2D eigenvalue weighted by atomic mass is 32.2. The molecule has 0 amide bonds. The van der Waals surface area contributed by atoms with Gasteiger partial charge in [0.1, 0.15) is 0 Å². The summed E-state index contributed by atoms with van der Waals surface area (Å²) in [6.45, 7) is 0. The van der Waals surface area contributed by atoms with Crippen LogP contribution in [-0.2, 0) is 5.75 Å². The van der Waals surface area contributed by atoms with Gasteiger partial charge in [0.15, 0.2) is 5.13 Å². The lowest BCUT2D eigenvalue weighted by Crippen LogP contribution is -1.98. The molecule has 1 aromatic heterocycles. The van der Waals surface area contributed by atoms with Crippen LogP contribution < -0.4 is 5.73 Å². The fourth-order valence-corrected chi connectivity index (χ4v) is 3.90. The molecule has 86 valence electrons. The summed E-state index contributed by atoms with van der Waals surface area (Å²) >= 11 is 2.92. The molecule has 0 bridgehead atoms. The summed E-state index contributed by atoms with van der Waals surface area (Å²) in [6.07, 6.45) is 0. The number of thiazole rings is 1. The minimum absolute atomic E-state index is 0.143. The van der Waals surface area contributed by atoms with E-state index in [-0.39, 0.29) is 10.6 Å². The Labute approximate surface area is 105 Å². The van der Waals surface area contributed by atoms with Crippen molar-refractivity contribution in [1.82, 2.24) is 4.98 Å². The number of thioether (sulfide) groups is 1. The highest BCUT2D eigenvalue weighted by molar-refractivity contribution is 7.99. The van der Waals surface area contributed by atoms with Crippen LogP contribution in [0, 0.1) is 10.1 Å². The zero-order valence-corrected chi connectivity index (χ0v) is 10.2. The van der Waals surface area contributed by atoms with Crippen molar-refractivity contribution in [3.8, 4) is 11.3 Å². The Morgan fingerprint density at radius 1 is 1.47 bits per heavy atom. The lowest BCUT2D eigenvalue weighted by Gasteiger charge is -2.13. The topological polar surface area (TPSA) is 82.0 Å². The van der Waals surface area contributed by atoms with Gasteiger partial charge in [0.25, 0.3) is 5.69 Å². The van der Waals surface area contributed by atoms with E-state index in [4.69, 9.17) is 5.73 Å². The summed E-state index contributed by atoms with van der Waals surface area (Å²) in [4.78, 5) is 16.6. The molecule has 1 aromatic carbocycles. The third kappa shape index (κ3) is 1.58. The van der Waals surface area contributed by atoms with E-state index in [2.05, 4.69) is 4.98 Å². The van der Waals surface area contributed by atoms with Gasteiger partial charge in [0.2, 0.25) is 0 Å². The minimum Gasteiger partial charge on any atom is -0.375 e. The second-order valence-electron chi connectivity index (χ2n) is 3.52. The Balaban J connectivity index is 2.26. The molecule has 17 heavy (non-hydrogen) atoms. The van der Waals surface area contributed by atoms with Crippen LogP contribution in [0.5, 0.6) is 0 Å². The molecule has 0 unspecified atom stereocenters. The van der Waals surface area contributed by atoms with Crippen molar-refractivity contribution in [2.45, 2.75) is 10.6 Å². The van der Waals surface area contributed by atoms with Crippen LogP contribution in [0.15, 0.2) is 23.1 Å². The first kappa shape index (κ1) is 10.5. The first-order valence-corrected chi connectivity index (χ1v) is 6.63. The fraction of sp³-hybridized carbons (Fsp3) is 0.100. The van der Waals surface area contributed by atoms with Crippen LogP contribution in [-0.4, -0.2) is 9.91 Å². The zero-order valence-electron chi connectivity index (χ0n) is 8.54. The van der Waals surface area contributed by atoms with Gasteiger partial charge in [0, 0.05) is 22.3 Å². The highest BCUT2D eigenvalue weighted by Gasteiger charge is 2.26. The lowest BCUT2D eigenvalue weighted by atomic mass is 10.1. The van der Waals surface area contributed by atoms with Gasteiger partial charge in [-0.25, -0.2) is 4.98 Å². The molecule has 1 aliphatic heterocycles. The van der Waals surface area contributed by atoms with Crippen LogP contribution in [0.1, 0.15) is 4.88 Å². The predicted molar refractivity (Wildman–Crippen MR) is 68.2 cm³/mol. The van der Waals surface area contributed by atoms with Crippen molar-refractivity contribution in [2.75, 3.05) is 5.73 Å². The van der Waals surface area contributed by atoms with Gasteiger partial charge in [-0.05, 0) is 0 Å². The number of rotatable bonds is 1. The summed E-state index contributed by atoms with van der Waals surface area (Å²) in [7, 11) is 0. The molecule has 2 aromatic rings. The number of fused-ring (bicyclic) bond motifs is 3. The predicted octanol–water partition coefficient (Wildman–Crippen LogP) is 2.91.